The van der Waals surface area contributed by atoms with E-state index < -0.39 is 0 Å². The van der Waals surface area contributed by atoms with Crippen LogP contribution >= 0.6 is 0 Å². The van der Waals surface area contributed by atoms with Crippen molar-refractivity contribution in [3.8, 4) is 5.75 Å². The van der Waals surface area contributed by atoms with E-state index in [4.69, 9.17) is 9.47 Å². The molecule has 1 aliphatic carbocycles. The maximum atomic E-state index is 5.93. The predicted octanol–water partition coefficient (Wildman–Crippen LogP) is 4.98. The Bertz CT molecular complexity index is 402. The number of hydrogen-bond donors (Lipinski definition) is 0. The standard InChI is InChI=1S/C19H28O2/c1-3-13-20-14-17-9-11-19(12-10-17)21-15-18-7-5-16(4-2)6-8-18/h4,9-12,16,18H,2-3,5-8,13-15H2,1H3. The highest BCUT2D eigenvalue weighted by molar-refractivity contribution is 5.26. The van der Waals surface area contributed by atoms with Gasteiger partial charge in [0.25, 0.3) is 0 Å². The van der Waals surface area contributed by atoms with E-state index in [-0.39, 0.29) is 0 Å². The Balaban J connectivity index is 1.70. The summed E-state index contributed by atoms with van der Waals surface area (Å²) in [6.45, 7) is 8.38. The van der Waals surface area contributed by atoms with E-state index in [9.17, 15) is 0 Å². The lowest BCUT2D eigenvalue weighted by Gasteiger charge is -2.26. The molecule has 0 bridgehead atoms. The molecule has 116 valence electrons. The van der Waals surface area contributed by atoms with Crippen LogP contribution in [0.4, 0.5) is 0 Å². The normalized spacial score (nSPS) is 22.0. The Morgan fingerprint density at radius 3 is 2.48 bits per heavy atom. The monoisotopic (exact) mass is 288 g/mol. The van der Waals surface area contributed by atoms with Gasteiger partial charge in [0.15, 0.2) is 0 Å². The van der Waals surface area contributed by atoms with Gasteiger partial charge in [0.1, 0.15) is 5.75 Å². The molecule has 0 N–H and O–H groups in total. The van der Waals surface area contributed by atoms with Crippen molar-refractivity contribution in [1.82, 2.24) is 0 Å². The number of rotatable bonds is 8. The fraction of sp³-hybridized carbons (Fsp3) is 0.579. The molecule has 0 amide bonds. The van der Waals surface area contributed by atoms with Gasteiger partial charge in [0.05, 0.1) is 13.2 Å². The second kappa shape index (κ2) is 8.89. The lowest BCUT2D eigenvalue weighted by molar-refractivity contribution is 0.121. The zero-order chi connectivity index (χ0) is 14.9. The van der Waals surface area contributed by atoms with Crippen LogP contribution in [-0.4, -0.2) is 13.2 Å². The van der Waals surface area contributed by atoms with Gasteiger partial charge in [-0.3, -0.25) is 0 Å². The molecule has 0 saturated heterocycles. The molecule has 21 heavy (non-hydrogen) atoms. The summed E-state index contributed by atoms with van der Waals surface area (Å²) in [5, 5.41) is 0. The van der Waals surface area contributed by atoms with Gasteiger partial charge in [-0.05, 0) is 61.6 Å². The molecule has 1 aliphatic rings. The lowest BCUT2D eigenvalue weighted by atomic mass is 9.82. The minimum Gasteiger partial charge on any atom is -0.493 e. The van der Waals surface area contributed by atoms with E-state index in [0.717, 1.165) is 31.3 Å². The van der Waals surface area contributed by atoms with Gasteiger partial charge in [-0.1, -0.05) is 25.1 Å². The third-order valence-electron chi connectivity index (χ3n) is 4.25. The van der Waals surface area contributed by atoms with Crippen LogP contribution < -0.4 is 4.74 Å². The van der Waals surface area contributed by atoms with Gasteiger partial charge < -0.3 is 9.47 Å². The highest BCUT2D eigenvalue weighted by atomic mass is 16.5. The van der Waals surface area contributed by atoms with Crippen molar-refractivity contribution in [2.45, 2.75) is 45.6 Å². The van der Waals surface area contributed by atoms with E-state index in [1.165, 1.54) is 31.2 Å². The molecule has 1 saturated carbocycles. The van der Waals surface area contributed by atoms with Gasteiger partial charge in [-0.2, -0.15) is 0 Å². The Morgan fingerprint density at radius 1 is 1.14 bits per heavy atom. The maximum Gasteiger partial charge on any atom is 0.119 e. The summed E-state index contributed by atoms with van der Waals surface area (Å²) in [6.07, 6.45) is 8.24. The summed E-state index contributed by atoms with van der Waals surface area (Å²) in [5.74, 6) is 2.40. The highest BCUT2D eigenvalue weighted by Crippen LogP contribution is 2.29. The average Bonchev–Trinajstić information content (AvgIpc) is 2.55. The number of hydrogen-bond acceptors (Lipinski definition) is 2. The van der Waals surface area contributed by atoms with Crippen molar-refractivity contribution in [3.05, 3.63) is 42.5 Å². The molecule has 1 aromatic carbocycles. The van der Waals surface area contributed by atoms with Crippen LogP contribution in [0, 0.1) is 11.8 Å². The Hall–Kier alpha value is -1.28. The molecule has 0 unspecified atom stereocenters. The molecule has 2 rings (SSSR count). The summed E-state index contributed by atoms with van der Waals surface area (Å²) in [6, 6.07) is 8.30. The Labute approximate surface area is 129 Å². The fourth-order valence-electron chi connectivity index (χ4n) is 2.82. The van der Waals surface area contributed by atoms with Gasteiger partial charge in [0.2, 0.25) is 0 Å². The molecule has 0 heterocycles. The topological polar surface area (TPSA) is 18.5 Å². The first kappa shape index (κ1) is 16.1. The Kier molecular flexibility index (Phi) is 6.81. The summed E-state index contributed by atoms with van der Waals surface area (Å²) in [4.78, 5) is 0. The first-order chi connectivity index (χ1) is 10.3. The minimum absolute atomic E-state index is 0.694. The first-order valence-corrected chi connectivity index (χ1v) is 8.24. The molecule has 2 nitrogen and oxygen atoms in total. The van der Waals surface area contributed by atoms with Crippen LogP contribution in [0.5, 0.6) is 5.75 Å². The van der Waals surface area contributed by atoms with Crippen molar-refractivity contribution in [1.29, 1.82) is 0 Å². The third kappa shape index (κ3) is 5.55. The zero-order valence-electron chi connectivity index (χ0n) is 13.2. The molecule has 2 heteroatoms. The first-order valence-electron chi connectivity index (χ1n) is 8.24. The van der Waals surface area contributed by atoms with Crippen LogP contribution in [0.15, 0.2) is 36.9 Å². The summed E-state index contributed by atoms with van der Waals surface area (Å²) < 4.78 is 11.5. The molecule has 1 fully saturated rings. The second-order valence-corrected chi connectivity index (χ2v) is 6.02. The summed E-state index contributed by atoms with van der Waals surface area (Å²) >= 11 is 0. The summed E-state index contributed by atoms with van der Waals surface area (Å²) in [5.41, 5.74) is 1.21. The largest absolute Gasteiger partial charge is 0.493 e. The predicted molar refractivity (Wildman–Crippen MR) is 87.5 cm³/mol. The third-order valence-corrected chi connectivity index (χ3v) is 4.25. The van der Waals surface area contributed by atoms with E-state index in [2.05, 4.69) is 43.8 Å². The van der Waals surface area contributed by atoms with Gasteiger partial charge >= 0.3 is 0 Å². The van der Waals surface area contributed by atoms with Crippen molar-refractivity contribution in [2.75, 3.05) is 13.2 Å². The van der Waals surface area contributed by atoms with Crippen molar-refractivity contribution in [3.63, 3.8) is 0 Å². The average molecular weight is 288 g/mol. The molecular weight excluding hydrogens is 260 g/mol. The van der Waals surface area contributed by atoms with Crippen LogP contribution in [0.2, 0.25) is 0 Å². The molecule has 0 atom stereocenters. The Morgan fingerprint density at radius 2 is 1.86 bits per heavy atom. The van der Waals surface area contributed by atoms with E-state index in [1.54, 1.807) is 0 Å². The number of allylic oxidation sites excluding steroid dienone is 1. The zero-order valence-corrected chi connectivity index (χ0v) is 13.2. The fourth-order valence-corrected chi connectivity index (χ4v) is 2.82. The van der Waals surface area contributed by atoms with Crippen molar-refractivity contribution in [2.24, 2.45) is 11.8 Å². The van der Waals surface area contributed by atoms with Gasteiger partial charge in [-0.15, -0.1) is 6.58 Å². The highest BCUT2D eigenvalue weighted by Gasteiger charge is 2.19. The molecule has 0 radical (unpaired) electrons. The quantitative estimate of drug-likeness (QED) is 0.496. The SMILES string of the molecule is C=CC1CCC(COc2ccc(COCCC)cc2)CC1. The van der Waals surface area contributed by atoms with Gasteiger partial charge in [0, 0.05) is 6.61 Å². The number of ether oxygens (including phenoxy) is 2. The minimum atomic E-state index is 0.694. The van der Waals surface area contributed by atoms with E-state index >= 15 is 0 Å². The number of benzene rings is 1. The van der Waals surface area contributed by atoms with Crippen molar-refractivity contribution >= 4 is 0 Å². The maximum absolute atomic E-state index is 5.93. The van der Waals surface area contributed by atoms with Crippen LogP contribution in [-0.2, 0) is 11.3 Å². The molecule has 0 aliphatic heterocycles. The molecule has 0 spiro atoms. The van der Waals surface area contributed by atoms with Crippen LogP contribution in [0.3, 0.4) is 0 Å². The van der Waals surface area contributed by atoms with Gasteiger partial charge in [-0.25, -0.2) is 0 Å². The lowest BCUT2D eigenvalue weighted by Crippen LogP contribution is -2.19. The smallest absolute Gasteiger partial charge is 0.119 e. The summed E-state index contributed by atoms with van der Waals surface area (Å²) in [7, 11) is 0. The molecule has 0 aromatic heterocycles. The molecule has 1 aromatic rings. The second-order valence-electron chi connectivity index (χ2n) is 6.02. The molecular formula is C19H28O2. The van der Waals surface area contributed by atoms with E-state index in [1.807, 2.05) is 0 Å². The van der Waals surface area contributed by atoms with Crippen molar-refractivity contribution < 1.29 is 9.47 Å². The van der Waals surface area contributed by atoms with Crippen LogP contribution in [0.1, 0.15) is 44.6 Å². The van der Waals surface area contributed by atoms with Crippen LogP contribution in [0.25, 0.3) is 0 Å². The van der Waals surface area contributed by atoms with E-state index in [0.29, 0.717) is 12.5 Å².